The highest BCUT2D eigenvalue weighted by molar-refractivity contribution is 6.75. The van der Waals surface area contributed by atoms with Crippen LogP contribution in [0.3, 0.4) is 0 Å². The van der Waals surface area contributed by atoms with Crippen molar-refractivity contribution in [3.63, 3.8) is 0 Å². The molecule has 0 bridgehead atoms. The van der Waals surface area contributed by atoms with Crippen molar-refractivity contribution >= 4 is 19.7 Å². The molecule has 0 saturated carbocycles. The molecule has 0 spiro atoms. The van der Waals surface area contributed by atoms with Crippen LogP contribution >= 0.6 is 0 Å². The van der Waals surface area contributed by atoms with Gasteiger partial charge in [0.15, 0.2) is 0 Å². The summed E-state index contributed by atoms with van der Waals surface area (Å²) in [5.74, 6) is 0. The largest absolute Gasteiger partial charge is 0.537 e. The van der Waals surface area contributed by atoms with E-state index in [2.05, 4.69) is 43.0 Å². The van der Waals surface area contributed by atoms with Crippen LogP contribution in [-0.2, 0) is 13.3 Å². The molecule has 0 radical (unpaired) electrons. The molecule has 0 aliphatic heterocycles. The summed E-state index contributed by atoms with van der Waals surface area (Å²) in [5.41, 5.74) is 1.22. The van der Waals surface area contributed by atoms with Crippen LogP contribution < -0.4 is 10.1 Å². The third kappa shape index (κ3) is 4.54. The normalized spacial score (nSPS) is 11.7. The lowest BCUT2D eigenvalue weighted by atomic mass is 10.3. The molecule has 1 rings (SSSR count). The SMILES string of the molecule is CCO[Si](OCC)(OCC)c1ccc(N(CC)CC)cc1. The van der Waals surface area contributed by atoms with Crippen LogP contribution in [0.2, 0.25) is 0 Å². The van der Waals surface area contributed by atoms with Gasteiger partial charge in [-0.05, 0) is 46.8 Å². The predicted octanol–water partition coefficient (Wildman–Crippen LogP) is 2.79. The van der Waals surface area contributed by atoms with Crippen molar-refractivity contribution in [3.8, 4) is 0 Å². The first-order valence-electron chi connectivity index (χ1n) is 7.94. The van der Waals surface area contributed by atoms with Crippen LogP contribution in [0.1, 0.15) is 34.6 Å². The molecular weight excluding hydrogens is 282 g/mol. The Balaban J connectivity index is 3.07. The van der Waals surface area contributed by atoms with E-state index in [4.69, 9.17) is 13.3 Å². The molecule has 1 aromatic carbocycles. The van der Waals surface area contributed by atoms with Crippen LogP contribution in [-0.4, -0.2) is 41.7 Å². The molecule has 0 aliphatic carbocycles. The van der Waals surface area contributed by atoms with E-state index in [1.54, 1.807) is 0 Å². The molecule has 4 nitrogen and oxygen atoms in total. The molecule has 0 amide bonds. The lowest BCUT2D eigenvalue weighted by Gasteiger charge is -2.29. The number of rotatable bonds is 10. The summed E-state index contributed by atoms with van der Waals surface area (Å²) in [6.45, 7) is 14.0. The molecule has 0 atom stereocenters. The summed E-state index contributed by atoms with van der Waals surface area (Å²) in [6.07, 6.45) is 0. The number of hydrogen-bond acceptors (Lipinski definition) is 4. The molecule has 120 valence electrons. The maximum atomic E-state index is 5.93. The molecule has 21 heavy (non-hydrogen) atoms. The van der Waals surface area contributed by atoms with E-state index in [9.17, 15) is 0 Å². The Bertz CT molecular complexity index is 376. The Kier molecular flexibility index (Phi) is 7.96. The molecule has 0 N–H and O–H groups in total. The molecule has 0 heterocycles. The summed E-state index contributed by atoms with van der Waals surface area (Å²) in [7, 11) is -2.77. The van der Waals surface area contributed by atoms with E-state index in [1.807, 2.05) is 20.8 Å². The zero-order valence-corrected chi connectivity index (χ0v) is 15.0. The van der Waals surface area contributed by atoms with Crippen molar-refractivity contribution in [2.45, 2.75) is 34.6 Å². The second-order valence-electron chi connectivity index (χ2n) is 4.57. The lowest BCUT2D eigenvalue weighted by Crippen LogP contribution is -2.56. The van der Waals surface area contributed by atoms with Crippen molar-refractivity contribution in [2.24, 2.45) is 0 Å². The van der Waals surface area contributed by atoms with Gasteiger partial charge < -0.3 is 18.2 Å². The molecule has 5 heteroatoms. The van der Waals surface area contributed by atoms with Gasteiger partial charge in [0.2, 0.25) is 0 Å². The van der Waals surface area contributed by atoms with Crippen molar-refractivity contribution in [1.29, 1.82) is 0 Å². The topological polar surface area (TPSA) is 30.9 Å². The van der Waals surface area contributed by atoms with Crippen molar-refractivity contribution in [3.05, 3.63) is 24.3 Å². The first-order chi connectivity index (χ1) is 10.2. The van der Waals surface area contributed by atoms with E-state index in [0.717, 1.165) is 18.3 Å². The van der Waals surface area contributed by atoms with E-state index in [1.165, 1.54) is 5.69 Å². The predicted molar refractivity (Wildman–Crippen MR) is 90.3 cm³/mol. The fourth-order valence-electron chi connectivity index (χ4n) is 2.41. The Hall–Kier alpha value is -0.883. The van der Waals surface area contributed by atoms with Gasteiger partial charge >= 0.3 is 8.80 Å². The summed E-state index contributed by atoms with van der Waals surface area (Å²) in [4.78, 5) is 2.31. The van der Waals surface area contributed by atoms with Gasteiger partial charge in [-0.1, -0.05) is 12.1 Å². The minimum atomic E-state index is -2.77. The minimum Gasteiger partial charge on any atom is -0.372 e. The van der Waals surface area contributed by atoms with Crippen LogP contribution in [0.4, 0.5) is 5.69 Å². The Morgan fingerprint density at radius 2 is 1.19 bits per heavy atom. The Morgan fingerprint density at radius 3 is 1.52 bits per heavy atom. The highest BCUT2D eigenvalue weighted by Crippen LogP contribution is 2.16. The second kappa shape index (κ2) is 9.20. The molecule has 0 aliphatic rings. The van der Waals surface area contributed by atoms with Gasteiger partial charge in [0, 0.05) is 43.8 Å². The Morgan fingerprint density at radius 1 is 0.762 bits per heavy atom. The van der Waals surface area contributed by atoms with E-state index in [-0.39, 0.29) is 0 Å². The Labute approximate surface area is 130 Å². The van der Waals surface area contributed by atoms with Crippen LogP contribution in [0.25, 0.3) is 0 Å². The summed E-state index contributed by atoms with van der Waals surface area (Å²) >= 11 is 0. The van der Waals surface area contributed by atoms with E-state index >= 15 is 0 Å². The molecule has 1 aromatic rings. The van der Waals surface area contributed by atoms with Crippen LogP contribution in [0.15, 0.2) is 24.3 Å². The van der Waals surface area contributed by atoms with E-state index < -0.39 is 8.80 Å². The van der Waals surface area contributed by atoms with Gasteiger partial charge in [0.05, 0.1) is 0 Å². The van der Waals surface area contributed by atoms with Gasteiger partial charge in [-0.15, -0.1) is 0 Å². The number of benzene rings is 1. The van der Waals surface area contributed by atoms with Gasteiger partial charge in [-0.25, -0.2) is 0 Å². The third-order valence-electron chi connectivity index (χ3n) is 3.35. The highest BCUT2D eigenvalue weighted by atomic mass is 28.4. The smallest absolute Gasteiger partial charge is 0.372 e. The molecule has 0 saturated heterocycles. The summed E-state index contributed by atoms with van der Waals surface area (Å²) in [6, 6.07) is 8.42. The zero-order chi connectivity index (χ0) is 15.7. The lowest BCUT2D eigenvalue weighted by molar-refractivity contribution is 0.0859. The van der Waals surface area contributed by atoms with Crippen molar-refractivity contribution < 1.29 is 13.3 Å². The van der Waals surface area contributed by atoms with Gasteiger partial charge in [0.1, 0.15) is 0 Å². The van der Waals surface area contributed by atoms with Crippen molar-refractivity contribution in [1.82, 2.24) is 0 Å². The third-order valence-corrected chi connectivity index (χ3v) is 6.40. The van der Waals surface area contributed by atoms with Crippen LogP contribution in [0.5, 0.6) is 0 Å². The maximum Gasteiger partial charge on any atom is 0.537 e. The van der Waals surface area contributed by atoms with Crippen LogP contribution in [0, 0.1) is 0 Å². The quantitative estimate of drug-likeness (QED) is 0.622. The molecule has 0 fully saturated rings. The van der Waals surface area contributed by atoms with Gasteiger partial charge in [-0.2, -0.15) is 0 Å². The zero-order valence-electron chi connectivity index (χ0n) is 14.0. The van der Waals surface area contributed by atoms with E-state index in [0.29, 0.717) is 19.8 Å². The second-order valence-corrected chi connectivity index (χ2v) is 7.13. The van der Waals surface area contributed by atoms with Gasteiger partial charge in [0.25, 0.3) is 0 Å². The molecule has 0 unspecified atom stereocenters. The first kappa shape index (κ1) is 18.2. The minimum absolute atomic E-state index is 0.587. The summed E-state index contributed by atoms with van der Waals surface area (Å²) in [5, 5.41) is 1.03. The first-order valence-corrected chi connectivity index (χ1v) is 9.67. The fraction of sp³-hybridized carbons (Fsp3) is 0.625. The number of anilines is 1. The standard InChI is InChI=1S/C16H29NO3Si/c1-6-17(7-2)15-11-13-16(14-12-15)21(18-8-3,19-9-4)20-10-5/h11-14H,6-10H2,1-5H3. The monoisotopic (exact) mass is 311 g/mol. The van der Waals surface area contributed by atoms with Crippen molar-refractivity contribution in [2.75, 3.05) is 37.8 Å². The molecular formula is C16H29NO3Si. The highest BCUT2D eigenvalue weighted by Gasteiger charge is 2.43. The number of nitrogens with zero attached hydrogens (tertiary/aromatic N) is 1. The molecule has 0 aromatic heterocycles. The average Bonchev–Trinajstić information content (AvgIpc) is 2.50. The van der Waals surface area contributed by atoms with Gasteiger partial charge in [-0.3, -0.25) is 0 Å². The average molecular weight is 311 g/mol. The summed E-state index contributed by atoms with van der Waals surface area (Å²) < 4.78 is 17.8. The fourth-order valence-corrected chi connectivity index (χ4v) is 4.88. The number of hydrogen-bond donors (Lipinski definition) is 0. The maximum absolute atomic E-state index is 5.93.